The van der Waals surface area contributed by atoms with Crippen molar-refractivity contribution in [1.82, 2.24) is 5.32 Å². The second-order valence-electron chi connectivity index (χ2n) is 4.74. The highest BCUT2D eigenvalue weighted by atomic mass is 79.9. The Kier molecular flexibility index (Phi) is 7.17. The van der Waals surface area contributed by atoms with E-state index in [9.17, 15) is 9.59 Å². The van der Waals surface area contributed by atoms with Crippen molar-refractivity contribution in [2.75, 3.05) is 5.32 Å². The monoisotopic (exact) mass is 420 g/mol. The average Bonchev–Trinajstić information content (AvgIpc) is 2.38. The summed E-state index contributed by atoms with van der Waals surface area (Å²) in [4.78, 5) is 23.1. The first-order valence-electron chi connectivity index (χ1n) is 6.61. The van der Waals surface area contributed by atoms with Crippen LogP contribution in [0.3, 0.4) is 0 Å². The van der Waals surface area contributed by atoms with Crippen molar-refractivity contribution in [3.63, 3.8) is 0 Å². The summed E-state index contributed by atoms with van der Waals surface area (Å²) in [7, 11) is 0. The molecule has 5 nitrogen and oxygen atoms in total. The van der Waals surface area contributed by atoms with Gasteiger partial charge in [-0.05, 0) is 62.9 Å². The van der Waals surface area contributed by atoms with E-state index in [0.29, 0.717) is 12.1 Å². The zero-order chi connectivity index (χ0) is 16.0. The van der Waals surface area contributed by atoms with Gasteiger partial charge in [-0.15, -0.1) is 0 Å². The van der Waals surface area contributed by atoms with Crippen LogP contribution < -0.4 is 10.6 Å². The first kappa shape index (κ1) is 18.0. The van der Waals surface area contributed by atoms with Crippen molar-refractivity contribution in [3.05, 3.63) is 26.6 Å². The zero-order valence-electron chi connectivity index (χ0n) is 11.9. The number of urea groups is 1. The number of rotatable bonds is 6. The van der Waals surface area contributed by atoms with E-state index in [4.69, 9.17) is 5.11 Å². The lowest BCUT2D eigenvalue weighted by atomic mass is 10.1. The Morgan fingerprint density at radius 3 is 2.33 bits per heavy atom. The Morgan fingerprint density at radius 2 is 1.86 bits per heavy atom. The Bertz CT molecular complexity index is 512. The maximum Gasteiger partial charge on any atom is 0.326 e. The van der Waals surface area contributed by atoms with Gasteiger partial charge in [0, 0.05) is 8.95 Å². The van der Waals surface area contributed by atoms with Crippen LogP contribution >= 0.6 is 31.9 Å². The molecule has 3 N–H and O–H groups in total. The fourth-order valence-corrected chi connectivity index (χ4v) is 3.41. The van der Waals surface area contributed by atoms with Crippen LogP contribution in [-0.2, 0) is 4.79 Å². The molecule has 21 heavy (non-hydrogen) atoms. The minimum atomic E-state index is -1.03. The van der Waals surface area contributed by atoms with Crippen molar-refractivity contribution in [2.45, 2.75) is 39.2 Å². The number of aliphatic carboxylic acids is 1. The van der Waals surface area contributed by atoms with Crippen LogP contribution in [0.5, 0.6) is 0 Å². The molecule has 0 spiro atoms. The molecule has 0 fully saturated rings. The van der Waals surface area contributed by atoms with Gasteiger partial charge in [-0.2, -0.15) is 0 Å². The van der Waals surface area contributed by atoms with Crippen LogP contribution in [0.2, 0.25) is 0 Å². The molecule has 0 bridgehead atoms. The molecule has 116 valence electrons. The molecule has 1 aromatic rings. The molecule has 2 amide bonds. The van der Waals surface area contributed by atoms with Gasteiger partial charge in [-0.25, -0.2) is 9.59 Å². The van der Waals surface area contributed by atoms with E-state index >= 15 is 0 Å². The molecule has 7 heteroatoms. The molecule has 0 unspecified atom stereocenters. The molecule has 0 aromatic heterocycles. The molecular formula is C14H18Br2N2O3. The van der Waals surface area contributed by atoms with Crippen LogP contribution in [0.4, 0.5) is 10.5 Å². The summed E-state index contributed by atoms with van der Waals surface area (Å²) in [5.74, 6) is -1.03. The number of halogens is 2. The predicted octanol–water partition coefficient (Wildman–Crippen LogP) is 4.28. The Balaban J connectivity index is 2.74. The molecule has 0 heterocycles. The standard InChI is InChI=1S/C14H18Br2N2O3/c1-3-4-5-11(13(19)20)17-14(21)18-12-9(15)6-8(2)7-10(12)16/h6-7,11H,3-5H2,1-2H3,(H,19,20)(H2,17,18,21)/t11-/m0/s1. The highest BCUT2D eigenvalue weighted by molar-refractivity contribution is 9.11. The number of anilines is 1. The average molecular weight is 422 g/mol. The summed E-state index contributed by atoms with van der Waals surface area (Å²) in [6.07, 6.45) is 2.03. The van der Waals surface area contributed by atoms with Crippen LogP contribution in [0.1, 0.15) is 31.7 Å². The van der Waals surface area contributed by atoms with Crippen molar-refractivity contribution < 1.29 is 14.7 Å². The predicted molar refractivity (Wildman–Crippen MR) is 89.7 cm³/mol. The molecule has 0 aliphatic rings. The highest BCUT2D eigenvalue weighted by Crippen LogP contribution is 2.32. The fourth-order valence-electron chi connectivity index (χ4n) is 1.79. The first-order valence-corrected chi connectivity index (χ1v) is 8.19. The highest BCUT2D eigenvalue weighted by Gasteiger charge is 2.20. The molecule has 0 radical (unpaired) electrons. The molecule has 0 aliphatic heterocycles. The van der Waals surface area contributed by atoms with Crippen LogP contribution in [0.25, 0.3) is 0 Å². The number of carbonyl (C=O) groups excluding carboxylic acids is 1. The van der Waals surface area contributed by atoms with E-state index in [1.807, 2.05) is 26.0 Å². The number of nitrogens with one attached hydrogen (secondary N) is 2. The van der Waals surface area contributed by atoms with Gasteiger partial charge in [0.1, 0.15) is 6.04 Å². The molecule has 1 aromatic carbocycles. The quantitative estimate of drug-likeness (QED) is 0.641. The molecule has 0 saturated carbocycles. The molecule has 0 aliphatic carbocycles. The second-order valence-corrected chi connectivity index (χ2v) is 6.44. The van der Waals surface area contributed by atoms with Gasteiger partial charge < -0.3 is 15.7 Å². The number of hydrogen-bond donors (Lipinski definition) is 3. The number of carboxylic acids is 1. The smallest absolute Gasteiger partial charge is 0.326 e. The Labute approximate surface area is 140 Å². The zero-order valence-corrected chi connectivity index (χ0v) is 15.0. The molecule has 0 saturated heterocycles. The maximum atomic E-state index is 12.0. The maximum absolute atomic E-state index is 12.0. The van der Waals surface area contributed by atoms with Crippen LogP contribution in [0.15, 0.2) is 21.1 Å². The summed E-state index contributed by atoms with van der Waals surface area (Å²) in [5, 5.41) is 14.2. The van der Waals surface area contributed by atoms with Crippen LogP contribution in [0, 0.1) is 6.92 Å². The minimum Gasteiger partial charge on any atom is -0.480 e. The van der Waals surface area contributed by atoms with Gasteiger partial charge in [0.2, 0.25) is 0 Å². The SMILES string of the molecule is CCCC[C@H](NC(=O)Nc1c(Br)cc(C)cc1Br)C(=O)O. The third kappa shape index (κ3) is 5.67. The third-order valence-corrected chi connectivity index (χ3v) is 4.13. The number of benzene rings is 1. The Hall–Kier alpha value is -1.08. The summed E-state index contributed by atoms with van der Waals surface area (Å²) in [6.45, 7) is 3.91. The Morgan fingerprint density at radius 1 is 1.29 bits per heavy atom. The lowest BCUT2D eigenvalue weighted by molar-refractivity contribution is -0.139. The molecular weight excluding hydrogens is 404 g/mol. The summed E-state index contributed by atoms with van der Waals surface area (Å²) in [5.41, 5.74) is 1.60. The van der Waals surface area contributed by atoms with E-state index in [1.165, 1.54) is 0 Å². The second kappa shape index (κ2) is 8.38. The van der Waals surface area contributed by atoms with E-state index in [-0.39, 0.29) is 0 Å². The van der Waals surface area contributed by atoms with Crippen LogP contribution in [-0.4, -0.2) is 23.1 Å². The number of carbonyl (C=O) groups is 2. The van der Waals surface area contributed by atoms with Crippen molar-refractivity contribution in [2.24, 2.45) is 0 Å². The number of hydrogen-bond acceptors (Lipinski definition) is 2. The lowest BCUT2D eigenvalue weighted by Crippen LogP contribution is -2.43. The summed E-state index contributed by atoms with van der Waals surface area (Å²) < 4.78 is 1.45. The number of unbranched alkanes of at least 4 members (excludes halogenated alkanes) is 1. The topological polar surface area (TPSA) is 78.4 Å². The van der Waals surface area contributed by atoms with E-state index in [1.54, 1.807) is 0 Å². The third-order valence-electron chi connectivity index (χ3n) is 2.87. The van der Waals surface area contributed by atoms with E-state index < -0.39 is 18.0 Å². The normalized spacial score (nSPS) is 11.8. The van der Waals surface area contributed by atoms with E-state index in [2.05, 4.69) is 42.5 Å². The largest absolute Gasteiger partial charge is 0.480 e. The molecule has 1 rings (SSSR count). The van der Waals surface area contributed by atoms with Gasteiger partial charge in [0.05, 0.1) is 5.69 Å². The number of aryl methyl sites for hydroxylation is 1. The number of carboxylic acid groups (broad SMARTS) is 1. The van der Waals surface area contributed by atoms with Gasteiger partial charge in [0.25, 0.3) is 0 Å². The van der Waals surface area contributed by atoms with Crippen molar-refractivity contribution in [3.8, 4) is 0 Å². The summed E-state index contributed by atoms with van der Waals surface area (Å²) in [6, 6.07) is 2.31. The van der Waals surface area contributed by atoms with Gasteiger partial charge >= 0.3 is 12.0 Å². The fraction of sp³-hybridized carbons (Fsp3) is 0.429. The van der Waals surface area contributed by atoms with Gasteiger partial charge in [0.15, 0.2) is 0 Å². The van der Waals surface area contributed by atoms with Crippen molar-refractivity contribution in [1.29, 1.82) is 0 Å². The van der Waals surface area contributed by atoms with E-state index in [0.717, 1.165) is 27.4 Å². The van der Waals surface area contributed by atoms with Crippen molar-refractivity contribution >= 4 is 49.5 Å². The van der Waals surface area contributed by atoms with Gasteiger partial charge in [-0.3, -0.25) is 0 Å². The minimum absolute atomic E-state index is 0.412. The first-order chi connectivity index (χ1) is 9.85. The molecule has 1 atom stereocenters. The summed E-state index contributed by atoms with van der Waals surface area (Å²) >= 11 is 6.75. The van der Waals surface area contributed by atoms with Gasteiger partial charge in [-0.1, -0.05) is 19.8 Å². The number of amides is 2. The lowest BCUT2D eigenvalue weighted by Gasteiger charge is -2.16.